The van der Waals surface area contributed by atoms with E-state index in [1.54, 1.807) is 24.3 Å². The molecule has 5 nitrogen and oxygen atoms in total. The van der Waals surface area contributed by atoms with Gasteiger partial charge in [-0.2, -0.15) is 0 Å². The molecule has 0 unspecified atom stereocenters. The molecule has 2 amide bonds. The lowest BCUT2D eigenvalue weighted by atomic mass is 9.90. The van der Waals surface area contributed by atoms with Gasteiger partial charge in [0.2, 0.25) is 11.8 Å². The highest BCUT2D eigenvalue weighted by Gasteiger charge is 2.37. The molecule has 0 fully saturated rings. The van der Waals surface area contributed by atoms with E-state index in [9.17, 15) is 18.4 Å². The van der Waals surface area contributed by atoms with Gasteiger partial charge in [0, 0.05) is 5.69 Å². The SMILES string of the molecule is CC(C)Oc1ccc(NC(=O)C(C)(C)C(=O)Nc2c(F)cccc2F)cc1. The first kappa shape index (κ1) is 20.4. The Morgan fingerprint density at radius 3 is 1.96 bits per heavy atom. The lowest BCUT2D eigenvalue weighted by Gasteiger charge is -2.23. The maximum Gasteiger partial charge on any atom is 0.239 e. The number of hydrogen-bond donors (Lipinski definition) is 2. The molecule has 0 aliphatic heterocycles. The molecule has 0 heterocycles. The van der Waals surface area contributed by atoms with Crippen molar-refractivity contribution in [2.45, 2.75) is 33.8 Å². The number of rotatable bonds is 6. The molecule has 2 aromatic rings. The first-order valence-corrected chi connectivity index (χ1v) is 8.45. The van der Waals surface area contributed by atoms with Crippen molar-refractivity contribution in [1.82, 2.24) is 0 Å². The molecule has 0 aliphatic rings. The Labute approximate surface area is 156 Å². The molecule has 0 atom stereocenters. The van der Waals surface area contributed by atoms with E-state index in [1.165, 1.54) is 19.9 Å². The smallest absolute Gasteiger partial charge is 0.239 e. The van der Waals surface area contributed by atoms with Gasteiger partial charge in [0.05, 0.1) is 6.10 Å². The van der Waals surface area contributed by atoms with Crippen LogP contribution in [0.2, 0.25) is 0 Å². The summed E-state index contributed by atoms with van der Waals surface area (Å²) in [6.45, 7) is 6.53. The minimum atomic E-state index is -1.57. The summed E-state index contributed by atoms with van der Waals surface area (Å²) < 4.78 is 32.9. The summed E-state index contributed by atoms with van der Waals surface area (Å²) in [6, 6.07) is 9.89. The summed E-state index contributed by atoms with van der Waals surface area (Å²) in [7, 11) is 0. The minimum Gasteiger partial charge on any atom is -0.491 e. The molecule has 0 radical (unpaired) electrons. The normalized spacial score (nSPS) is 11.2. The molecule has 27 heavy (non-hydrogen) atoms. The number of hydrogen-bond acceptors (Lipinski definition) is 3. The molecule has 144 valence electrons. The van der Waals surface area contributed by atoms with Gasteiger partial charge in [0.15, 0.2) is 0 Å². The fourth-order valence-electron chi connectivity index (χ4n) is 2.17. The summed E-state index contributed by atoms with van der Waals surface area (Å²) in [5.41, 5.74) is -1.69. The first-order chi connectivity index (χ1) is 12.6. The molecule has 0 aliphatic carbocycles. The molecule has 2 N–H and O–H groups in total. The Bertz CT molecular complexity index is 813. The van der Waals surface area contributed by atoms with E-state index in [-0.39, 0.29) is 6.10 Å². The van der Waals surface area contributed by atoms with Crippen LogP contribution in [0.3, 0.4) is 0 Å². The van der Waals surface area contributed by atoms with E-state index in [4.69, 9.17) is 4.74 Å². The highest BCUT2D eigenvalue weighted by atomic mass is 19.1. The van der Waals surface area contributed by atoms with Crippen LogP contribution in [-0.2, 0) is 9.59 Å². The third-order valence-electron chi connectivity index (χ3n) is 3.82. The van der Waals surface area contributed by atoms with Crippen molar-refractivity contribution >= 4 is 23.2 Å². The number of amides is 2. The predicted octanol–water partition coefficient (Wildman–Crippen LogP) is 4.36. The molecule has 2 rings (SSSR count). The van der Waals surface area contributed by atoms with Crippen LogP contribution in [0, 0.1) is 17.0 Å². The summed E-state index contributed by atoms with van der Waals surface area (Å²) in [5, 5.41) is 4.76. The molecular formula is C20H22F2N2O3. The molecule has 0 spiro atoms. The van der Waals surface area contributed by atoms with E-state index in [0.717, 1.165) is 12.1 Å². The molecule has 7 heteroatoms. The lowest BCUT2D eigenvalue weighted by molar-refractivity contribution is -0.135. The van der Waals surface area contributed by atoms with Crippen LogP contribution in [-0.4, -0.2) is 17.9 Å². The molecule has 0 bridgehead atoms. The number of nitrogens with one attached hydrogen (secondary N) is 2. The summed E-state index contributed by atoms with van der Waals surface area (Å²) in [4.78, 5) is 24.9. The zero-order valence-corrected chi connectivity index (χ0v) is 15.6. The Morgan fingerprint density at radius 1 is 0.926 bits per heavy atom. The Morgan fingerprint density at radius 2 is 1.44 bits per heavy atom. The quantitative estimate of drug-likeness (QED) is 0.737. The average Bonchev–Trinajstić information content (AvgIpc) is 2.59. The van der Waals surface area contributed by atoms with E-state index < -0.39 is 34.6 Å². The van der Waals surface area contributed by atoms with Crippen LogP contribution in [0.4, 0.5) is 20.2 Å². The van der Waals surface area contributed by atoms with Crippen molar-refractivity contribution in [3.05, 3.63) is 54.1 Å². The van der Waals surface area contributed by atoms with Gasteiger partial charge >= 0.3 is 0 Å². The van der Waals surface area contributed by atoms with Gasteiger partial charge in [-0.1, -0.05) is 6.07 Å². The highest BCUT2D eigenvalue weighted by Crippen LogP contribution is 2.25. The van der Waals surface area contributed by atoms with Crippen LogP contribution in [0.25, 0.3) is 0 Å². The molecule has 0 saturated heterocycles. The van der Waals surface area contributed by atoms with E-state index in [0.29, 0.717) is 11.4 Å². The third-order valence-corrected chi connectivity index (χ3v) is 3.82. The van der Waals surface area contributed by atoms with Crippen molar-refractivity contribution in [3.8, 4) is 5.75 Å². The van der Waals surface area contributed by atoms with Gasteiger partial charge in [0.25, 0.3) is 0 Å². The van der Waals surface area contributed by atoms with Crippen LogP contribution in [0.1, 0.15) is 27.7 Å². The Balaban J connectivity index is 2.08. The second-order valence-electron chi connectivity index (χ2n) is 6.82. The number of para-hydroxylation sites is 1. The van der Waals surface area contributed by atoms with E-state index in [1.807, 2.05) is 13.8 Å². The van der Waals surface area contributed by atoms with Crippen molar-refractivity contribution in [2.75, 3.05) is 10.6 Å². The summed E-state index contributed by atoms with van der Waals surface area (Å²) in [5.74, 6) is -2.63. The van der Waals surface area contributed by atoms with Gasteiger partial charge in [-0.25, -0.2) is 8.78 Å². The topological polar surface area (TPSA) is 67.4 Å². The number of carbonyl (C=O) groups excluding carboxylic acids is 2. The van der Waals surface area contributed by atoms with Crippen molar-refractivity contribution < 1.29 is 23.1 Å². The maximum atomic E-state index is 13.7. The van der Waals surface area contributed by atoms with Crippen molar-refractivity contribution in [3.63, 3.8) is 0 Å². The van der Waals surface area contributed by atoms with E-state index >= 15 is 0 Å². The highest BCUT2D eigenvalue weighted by molar-refractivity contribution is 6.14. The van der Waals surface area contributed by atoms with Crippen LogP contribution in [0.5, 0.6) is 5.75 Å². The molecule has 0 saturated carbocycles. The number of benzene rings is 2. The Hall–Kier alpha value is -2.96. The lowest BCUT2D eigenvalue weighted by Crippen LogP contribution is -2.41. The third kappa shape index (κ3) is 5.03. The van der Waals surface area contributed by atoms with Gasteiger partial charge < -0.3 is 15.4 Å². The number of carbonyl (C=O) groups is 2. The van der Waals surface area contributed by atoms with Gasteiger partial charge in [-0.3, -0.25) is 9.59 Å². The van der Waals surface area contributed by atoms with Crippen LogP contribution in [0.15, 0.2) is 42.5 Å². The van der Waals surface area contributed by atoms with Gasteiger partial charge in [0.1, 0.15) is 28.5 Å². The number of anilines is 2. The Kier molecular flexibility index (Phi) is 6.15. The average molecular weight is 376 g/mol. The minimum absolute atomic E-state index is 0.0202. The van der Waals surface area contributed by atoms with Crippen LogP contribution < -0.4 is 15.4 Å². The molecule has 2 aromatic carbocycles. The van der Waals surface area contributed by atoms with Crippen molar-refractivity contribution in [1.29, 1.82) is 0 Å². The second-order valence-corrected chi connectivity index (χ2v) is 6.82. The zero-order chi connectivity index (χ0) is 20.2. The number of halogens is 2. The van der Waals surface area contributed by atoms with Gasteiger partial charge in [-0.15, -0.1) is 0 Å². The largest absolute Gasteiger partial charge is 0.491 e. The van der Waals surface area contributed by atoms with E-state index in [2.05, 4.69) is 10.6 Å². The standard InChI is InChI=1S/C20H22F2N2O3/c1-12(2)27-14-10-8-13(9-11-14)23-18(25)20(3,4)19(26)24-17-15(21)6-5-7-16(17)22/h5-12H,1-4H3,(H,23,25)(H,24,26). The fourth-order valence-corrected chi connectivity index (χ4v) is 2.17. The monoisotopic (exact) mass is 376 g/mol. The number of ether oxygens (including phenoxy) is 1. The molecule has 0 aromatic heterocycles. The van der Waals surface area contributed by atoms with Crippen LogP contribution >= 0.6 is 0 Å². The first-order valence-electron chi connectivity index (χ1n) is 8.45. The fraction of sp³-hybridized carbons (Fsp3) is 0.300. The maximum absolute atomic E-state index is 13.7. The summed E-state index contributed by atoms with van der Waals surface area (Å²) in [6.07, 6.45) is 0.0202. The second kappa shape index (κ2) is 8.16. The van der Waals surface area contributed by atoms with Crippen molar-refractivity contribution in [2.24, 2.45) is 5.41 Å². The van der Waals surface area contributed by atoms with Gasteiger partial charge in [-0.05, 0) is 64.1 Å². The summed E-state index contributed by atoms with van der Waals surface area (Å²) >= 11 is 0. The molecular weight excluding hydrogens is 354 g/mol. The predicted molar refractivity (Wildman–Crippen MR) is 99.6 cm³/mol. The zero-order valence-electron chi connectivity index (χ0n) is 15.6.